The summed E-state index contributed by atoms with van der Waals surface area (Å²) in [5.41, 5.74) is 6.16. The number of benzene rings is 3. The van der Waals surface area contributed by atoms with Crippen LogP contribution in [0.25, 0.3) is 10.8 Å². The molecule has 3 rings (SSSR count). The number of aryl methyl sites for hydroxylation is 1. The Morgan fingerprint density at radius 3 is 2.39 bits per heavy atom. The van der Waals surface area contributed by atoms with Crippen LogP contribution in [0.3, 0.4) is 0 Å². The van der Waals surface area contributed by atoms with E-state index in [1.54, 1.807) is 12.1 Å². The minimum absolute atomic E-state index is 0.204. The van der Waals surface area contributed by atoms with Gasteiger partial charge in [-0.3, -0.25) is 4.79 Å². The maximum atomic E-state index is 12.1. The number of rotatable bonds is 3. The number of nitrogens with one attached hydrogen (secondary N) is 1. The molecule has 0 aliphatic rings. The number of fused-ring (bicyclic) bond motifs is 1. The quantitative estimate of drug-likeness (QED) is 0.568. The zero-order valence-electron chi connectivity index (χ0n) is 13.2. The summed E-state index contributed by atoms with van der Waals surface area (Å²) in [6.45, 7) is 3.89. The molecule has 3 nitrogen and oxygen atoms in total. The normalized spacial score (nSPS) is 11.5. The van der Waals surface area contributed by atoms with Gasteiger partial charge in [0.05, 0.1) is 5.71 Å². The van der Waals surface area contributed by atoms with E-state index in [1.165, 1.54) is 0 Å². The fourth-order valence-electron chi connectivity index (χ4n) is 2.51. The van der Waals surface area contributed by atoms with Gasteiger partial charge in [-0.15, -0.1) is 0 Å². The van der Waals surface area contributed by atoms with Crippen LogP contribution in [0, 0.1) is 6.92 Å². The number of amides is 1. The van der Waals surface area contributed by atoms with Gasteiger partial charge in [0, 0.05) is 11.1 Å². The molecule has 0 aliphatic heterocycles. The highest BCUT2D eigenvalue weighted by Crippen LogP contribution is 2.19. The molecule has 3 aromatic rings. The highest BCUT2D eigenvalue weighted by atomic mass is 16.2. The van der Waals surface area contributed by atoms with E-state index in [1.807, 2.05) is 50.2 Å². The van der Waals surface area contributed by atoms with Crippen molar-refractivity contribution in [2.75, 3.05) is 0 Å². The predicted octanol–water partition coefficient (Wildman–Crippen LogP) is 4.30. The van der Waals surface area contributed by atoms with E-state index in [-0.39, 0.29) is 5.91 Å². The minimum Gasteiger partial charge on any atom is -0.267 e. The maximum Gasteiger partial charge on any atom is 0.271 e. The Labute approximate surface area is 135 Å². The van der Waals surface area contributed by atoms with Crippen molar-refractivity contribution in [1.29, 1.82) is 0 Å². The van der Waals surface area contributed by atoms with E-state index >= 15 is 0 Å². The second-order valence-corrected chi connectivity index (χ2v) is 5.53. The van der Waals surface area contributed by atoms with Crippen molar-refractivity contribution in [1.82, 2.24) is 5.43 Å². The van der Waals surface area contributed by atoms with Gasteiger partial charge < -0.3 is 0 Å². The largest absolute Gasteiger partial charge is 0.271 e. The summed E-state index contributed by atoms with van der Waals surface area (Å²) in [4.78, 5) is 12.1. The number of hydrogen-bond acceptors (Lipinski definition) is 2. The summed E-state index contributed by atoms with van der Waals surface area (Å²) in [7, 11) is 0. The molecule has 0 radical (unpaired) electrons. The summed E-state index contributed by atoms with van der Waals surface area (Å²) in [6.07, 6.45) is 0. The van der Waals surface area contributed by atoms with Gasteiger partial charge in [-0.1, -0.05) is 60.2 Å². The van der Waals surface area contributed by atoms with Crippen LogP contribution in [-0.4, -0.2) is 11.6 Å². The molecule has 3 aromatic carbocycles. The first-order chi connectivity index (χ1) is 11.1. The molecule has 0 spiro atoms. The number of hydrazone groups is 1. The maximum absolute atomic E-state index is 12.1. The third kappa shape index (κ3) is 3.29. The number of carbonyl (C=O) groups excluding carboxylic acids is 1. The SMILES string of the molecule is CC(=NNC(=O)c1ccc(C)cc1)c1cccc2ccccc12. The van der Waals surface area contributed by atoms with Crippen molar-refractivity contribution in [3.63, 3.8) is 0 Å². The molecule has 1 amide bonds. The molecule has 0 unspecified atom stereocenters. The van der Waals surface area contributed by atoms with E-state index in [9.17, 15) is 4.79 Å². The Morgan fingerprint density at radius 1 is 0.913 bits per heavy atom. The lowest BCUT2D eigenvalue weighted by Gasteiger charge is -2.07. The van der Waals surface area contributed by atoms with Gasteiger partial charge in [0.15, 0.2) is 0 Å². The summed E-state index contributed by atoms with van der Waals surface area (Å²) < 4.78 is 0. The molecule has 3 heteroatoms. The van der Waals surface area contributed by atoms with E-state index in [4.69, 9.17) is 0 Å². The van der Waals surface area contributed by atoms with E-state index in [0.717, 1.165) is 27.6 Å². The predicted molar refractivity (Wildman–Crippen MR) is 94.8 cm³/mol. The third-order valence-corrected chi connectivity index (χ3v) is 3.82. The molecule has 0 aliphatic carbocycles. The van der Waals surface area contributed by atoms with Gasteiger partial charge in [-0.25, -0.2) is 5.43 Å². The van der Waals surface area contributed by atoms with E-state index < -0.39 is 0 Å². The summed E-state index contributed by atoms with van der Waals surface area (Å²) in [5, 5.41) is 6.54. The first-order valence-electron chi connectivity index (χ1n) is 7.54. The van der Waals surface area contributed by atoms with Gasteiger partial charge in [-0.05, 0) is 36.8 Å². The average Bonchev–Trinajstić information content (AvgIpc) is 2.59. The fourth-order valence-corrected chi connectivity index (χ4v) is 2.51. The molecule has 0 saturated heterocycles. The van der Waals surface area contributed by atoms with Crippen molar-refractivity contribution in [2.24, 2.45) is 5.10 Å². The van der Waals surface area contributed by atoms with Gasteiger partial charge in [0.25, 0.3) is 5.91 Å². The van der Waals surface area contributed by atoms with Gasteiger partial charge in [-0.2, -0.15) is 5.10 Å². The van der Waals surface area contributed by atoms with Crippen LogP contribution in [-0.2, 0) is 0 Å². The van der Waals surface area contributed by atoms with Crippen LogP contribution in [0.5, 0.6) is 0 Å². The second kappa shape index (κ2) is 6.44. The van der Waals surface area contributed by atoms with Crippen LogP contribution < -0.4 is 5.43 Å². The lowest BCUT2D eigenvalue weighted by atomic mass is 10.0. The fraction of sp³-hybridized carbons (Fsp3) is 0.100. The van der Waals surface area contributed by atoms with Crippen molar-refractivity contribution in [2.45, 2.75) is 13.8 Å². The molecular formula is C20H18N2O. The van der Waals surface area contributed by atoms with Gasteiger partial charge in [0.2, 0.25) is 0 Å². The second-order valence-electron chi connectivity index (χ2n) is 5.53. The summed E-state index contributed by atoms with van der Waals surface area (Å²) >= 11 is 0. The average molecular weight is 302 g/mol. The smallest absolute Gasteiger partial charge is 0.267 e. The summed E-state index contributed by atoms with van der Waals surface area (Å²) in [5.74, 6) is -0.204. The molecule has 1 N–H and O–H groups in total. The van der Waals surface area contributed by atoms with Crippen molar-refractivity contribution in [3.8, 4) is 0 Å². The van der Waals surface area contributed by atoms with Crippen LogP contribution >= 0.6 is 0 Å². The first kappa shape index (κ1) is 15.0. The molecule has 0 fully saturated rings. The Kier molecular flexibility index (Phi) is 4.20. The standard InChI is InChI=1S/C20H18N2O/c1-14-10-12-17(13-11-14)20(23)22-21-15(2)18-9-5-7-16-6-3-4-8-19(16)18/h3-13H,1-2H3,(H,22,23). The number of nitrogens with zero attached hydrogens (tertiary/aromatic N) is 1. The molecule has 0 heterocycles. The zero-order chi connectivity index (χ0) is 16.2. The van der Waals surface area contributed by atoms with Crippen molar-refractivity contribution >= 4 is 22.4 Å². The monoisotopic (exact) mass is 302 g/mol. The topological polar surface area (TPSA) is 41.5 Å². The molecule has 0 aromatic heterocycles. The lowest BCUT2D eigenvalue weighted by molar-refractivity contribution is 0.0955. The molecule has 0 bridgehead atoms. The van der Waals surface area contributed by atoms with Crippen LogP contribution in [0.15, 0.2) is 71.8 Å². The highest BCUT2D eigenvalue weighted by molar-refractivity contribution is 6.10. The molecule has 114 valence electrons. The molecular weight excluding hydrogens is 284 g/mol. The molecule has 0 saturated carbocycles. The highest BCUT2D eigenvalue weighted by Gasteiger charge is 2.06. The van der Waals surface area contributed by atoms with E-state index in [2.05, 4.69) is 28.7 Å². The van der Waals surface area contributed by atoms with Crippen LogP contribution in [0.4, 0.5) is 0 Å². The first-order valence-corrected chi connectivity index (χ1v) is 7.54. The number of hydrogen-bond donors (Lipinski definition) is 1. The minimum atomic E-state index is -0.204. The lowest BCUT2D eigenvalue weighted by Crippen LogP contribution is -2.19. The van der Waals surface area contributed by atoms with E-state index in [0.29, 0.717) is 5.56 Å². The molecule has 0 atom stereocenters. The van der Waals surface area contributed by atoms with Crippen molar-refractivity contribution < 1.29 is 4.79 Å². The van der Waals surface area contributed by atoms with Crippen LogP contribution in [0.1, 0.15) is 28.4 Å². The van der Waals surface area contributed by atoms with Gasteiger partial charge >= 0.3 is 0 Å². The Balaban J connectivity index is 1.84. The summed E-state index contributed by atoms with van der Waals surface area (Å²) in [6, 6.07) is 21.6. The number of carbonyl (C=O) groups is 1. The Bertz CT molecular complexity index is 874. The Hall–Kier alpha value is -2.94. The zero-order valence-corrected chi connectivity index (χ0v) is 13.2. The third-order valence-electron chi connectivity index (χ3n) is 3.82. The Morgan fingerprint density at radius 2 is 1.61 bits per heavy atom. The molecule has 23 heavy (non-hydrogen) atoms. The van der Waals surface area contributed by atoms with Gasteiger partial charge in [0.1, 0.15) is 0 Å². The van der Waals surface area contributed by atoms with Crippen LogP contribution in [0.2, 0.25) is 0 Å². The van der Waals surface area contributed by atoms with Crippen molar-refractivity contribution in [3.05, 3.63) is 83.4 Å².